The lowest BCUT2D eigenvalue weighted by Gasteiger charge is -2.22. The van der Waals surface area contributed by atoms with Crippen LogP contribution in [0.5, 0.6) is 17.2 Å². The SMILES string of the molecule is COc1cc(NC(=O)C(=O)N2c3ccccc3CC2C)cc(OC)c1OC. The molecule has 0 saturated heterocycles. The number of hydrogen-bond acceptors (Lipinski definition) is 5. The smallest absolute Gasteiger partial charge is 0.316 e. The zero-order chi connectivity index (χ0) is 19.6. The second-order valence-electron chi connectivity index (χ2n) is 6.23. The molecule has 0 fully saturated rings. The van der Waals surface area contributed by atoms with Gasteiger partial charge >= 0.3 is 11.8 Å². The minimum Gasteiger partial charge on any atom is -0.493 e. The third-order valence-electron chi connectivity index (χ3n) is 4.54. The Kier molecular flexibility index (Phi) is 5.21. The fourth-order valence-corrected chi connectivity index (χ4v) is 3.32. The summed E-state index contributed by atoms with van der Waals surface area (Å²) in [6.07, 6.45) is 0.722. The number of amides is 2. The molecule has 0 saturated carbocycles. The number of fused-ring (bicyclic) bond motifs is 1. The lowest BCUT2D eigenvalue weighted by molar-refractivity contribution is -0.134. The van der Waals surface area contributed by atoms with Crippen molar-refractivity contribution in [2.24, 2.45) is 0 Å². The number of benzene rings is 2. The molecule has 0 spiro atoms. The van der Waals surface area contributed by atoms with Crippen molar-refractivity contribution in [3.63, 3.8) is 0 Å². The van der Waals surface area contributed by atoms with E-state index >= 15 is 0 Å². The predicted molar refractivity (Wildman–Crippen MR) is 102 cm³/mol. The molecule has 2 amide bonds. The number of carbonyl (C=O) groups excluding carboxylic acids is 2. The lowest BCUT2D eigenvalue weighted by Crippen LogP contribution is -2.43. The zero-order valence-electron chi connectivity index (χ0n) is 15.7. The van der Waals surface area contributed by atoms with Gasteiger partial charge in [-0.3, -0.25) is 9.59 Å². The van der Waals surface area contributed by atoms with Gasteiger partial charge in [-0.25, -0.2) is 0 Å². The van der Waals surface area contributed by atoms with Gasteiger partial charge in [-0.05, 0) is 25.0 Å². The Morgan fingerprint density at radius 3 is 2.26 bits per heavy atom. The predicted octanol–water partition coefficient (Wildman–Crippen LogP) is 2.63. The summed E-state index contributed by atoms with van der Waals surface area (Å²) >= 11 is 0. The summed E-state index contributed by atoms with van der Waals surface area (Å²) in [4.78, 5) is 26.9. The molecular weight excluding hydrogens is 348 g/mol. The number of nitrogens with one attached hydrogen (secondary N) is 1. The van der Waals surface area contributed by atoms with Gasteiger partial charge < -0.3 is 24.4 Å². The zero-order valence-corrected chi connectivity index (χ0v) is 15.7. The van der Waals surface area contributed by atoms with E-state index in [1.807, 2.05) is 31.2 Å². The molecule has 2 aromatic rings. The normalized spacial score (nSPS) is 15.1. The van der Waals surface area contributed by atoms with Gasteiger partial charge in [-0.2, -0.15) is 0 Å². The van der Waals surface area contributed by atoms with E-state index in [4.69, 9.17) is 14.2 Å². The molecular formula is C20H22N2O5. The second kappa shape index (κ2) is 7.57. The standard InChI is InChI=1S/C20H22N2O5/c1-12-9-13-7-5-6-8-15(13)22(12)20(24)19(23)21-14-10-16(25-2)18(27-4)17(11-14)26-3/h5-8,10-12H,9H2,1-4H3,(H,21,23). The van der Waals surface area contributed by atoms with Crippen molar-refractivity contribution in [1.82, 2.24) is 0 Å². The molecule has 3 rings (SSSR count). The Balaban J connectivity index is 1.84. The van der Waals surface area contributed by atoms with E-state index in [0.29, 0.717) is 22.9 Å². The molecule has 0 aromatic heterocycles. The summed E-state index contributed by atoms with van der Waals surface area (Å²) < 4.78 is 15.8. The van der Waals surface area contributed by atoms with Crippen LogP contribution in [0.1, 0.15) is 12.5 Å². The van der Waals surface area contributed by atoms with Crippen LogP contribution in [0.2, 0.25) is 0 Å². The Hall–Kier alpha value is -3.22. The van der Waals surface area contributed by atoms with Gasteiger partial charge in [0.1, 0.15) is 0 Å². The Morgan fingerprint density at radius 1 is 1.04 bits per heavy atom. The first-order chi connectivity index (χ1) is 13.0. The third kappa shape index (κ3) is 3.40. The van der Waals surface area contributed by atoms with Crippen molar-refractivity contribution < 1.29 is 23.8 Å². The quantitative estimate of drug-likeness (QED) is 0.838. The van der Waals surface area contributed by atoms with Crippen LogP contribution < -0.4 is 24.4 Å². The van der Waals surface area contributed by atoms with Gasteiger partial charge in [-0.1, -0.05) is 18.2 Å². The minimum absolute atomic E-state index is 0.0828. The molecule has 1 unspecified atom stereocenters. The van der Waals surface area contributed by atoms with Crippen LogP contribution in [0.3, 0.4) is 0 Å². The Bertz CT molecular complexity index is 855. The first-order valence-electron chi connectivity index (χ1n) is 8.52. The highest BCUT2D eigenvalue weighted by molar-refractivity contribution is 6.44. The molecule has 7 nitrogen and oxygen atoms in total. The first kappa shape index (κ1) is 18.6. The summed E-state index contributed by atoms with van der Waals surface area (Å²) in [6, 6.07) is 10.7. The number of carbonyl (C=O) groups is 2. The van der Waals surface area contributed by atoms with Gasteiger partial charge in [0.15, 0.2) is 11.5 Å². The average molecular weight is 370 g/mol. The lowest BCUT2D eigenvalue weighted by atomic mass is 10.1. The molecule has 142 valence electrons. The molecule has 1 aliphatic rings. The van der Waals surface area contributed by atoms with Gasteiger partial charge in [0.05, 0.1) is 21.3 Å². The molecule has 2 aromatic carbocycles. The van der Waals surface area contributed by atoms with Crippen molar-refractivity contribution >= 4 is 23.2 Å². The van der Waals surface area contributed by atoms with Crippen LogP contribution in [0.15, 0.2) is 36.4 Å². The number of para-hydroxylation sites is 1. The maximum Gasteiger partial charge on any atom is 0.316 e. The fraction of sp³-hybridized carbons (Fsp3) is 0.300. The van der Waals surface area contributed by atoms with Gasteiger partial charge in [0.2, 0.25) is 5.75 Å². The first-order valence-corrected chi connectivity index (χ1v) is 8.52. The fourth-order valence-electron chi connectivity index (χ4n) is 3.32. The molecule has 1 aliphatic heterocycles. The van der Waals surface area contributed by atoms with E-state index in [9.17, 15) is 9.59 Å². The van der Waals surface area contributed by atoms with Crippen LogP contribution in [-0.4, -0.2) is 39.2 Å². The summed E-state index contributed by atoms with van der Waals surface area (Å²) in [5.74, 6) is -0.153. The molecule has 27 heavy (non-hydrogen) atoms. The molecule has 0 bridgehead atoms. The summed E-state index contributed by atoms with van der Waals surface area (Å²) in [7, 11) is 4.46. The van der Waals surface area contributed by atoms with E-state index in [1.165, 1.54) is 26.2 Å². The topological polar surface area (TPSA) is 77.1 Å². The molecule has 1 N–H and O–H groups in total. The summed E-state index contributed by atoms with van der Waals surface area (Å²) in [5, 5.41) is 2.62. The maximum absolute atomic E-state index is 12.8. The molecule has 0 aliphatic carbocycles. The number of hydrogen-bond donors (Lipinski definition) is 1. The summed E-state index contributed by atoms with van der Waals surface area (Å²) in [5.41, 5.74) is 2.21. The summed E-state index contributed by atoms with van der Waals surface area (Å²) in [6.45, 7) is 1.92. The average Bonchev–Trinajstić information content (AvgIpc) is 3.01. The number of rotatable bonds is 4. The Morgan fingerprint density at radius 2 is 1.67 bits per heavy atom. The van der Waals surface area contributed by atoms with Crippen LogP contribution in [0, 0.1) is 0 Å². The van der Waals surface area contributed by atoms with E-state index in [1.54, 1.807) is 12.1 Å². The van der Waals surface area contributed by atoms with Crippen LogP contribution in [-0.2, 0) is 16.0 Å². The number of anilines is 2. The number of nitrogens with zero attached hydrogens (tertiary/aromatic N) is 1. The monoisotopic (exact) mass is 370 g/mol. The van der Waals surface area contributed by atoms with Crippen LogP contribution in [0.25, 0.3) is 0 Å². The second-order valence-corrected chi connectivity index (χ2v) is 6.23. The molecule has 7 heteroatoms. The van der Waals surface area contributed by atoms with Crippen LogP contribution >= 0.6 is 0 Å². The van der Waals surface area contributed by atoms with Crippen molar-refractivity contribution in [1.29, 1.82) is 0 Å². The highest BCUT2D eigenvalue weighted by Gasteiger charge is 2.34. The maximum atomic E-state index is 12.8. The van der Waals surface area contributed by atoms with Crippen molar-refractivity contribution in [2.75, 3.05) is 31.5 Å². The Labute approximate surface area is 157 Å². The van der Waals surface area contributed by atoms with Gasteiger partial charge in [-0.15, -0.1) is 0 Å². The number of ether oxygens (including phenoxy) is 3. The van der Waals surface area contributed by atoms with E-state index in [-0.39, 0.29) is 6.04 Å². The molecule has 0 radical (unpaired) electrons. The highest BCUT2D eigenvalue weighted by atomic mass is 16.5. The molecule has 1 heterocycles. The van der Waals surface area contributed by atoms with E-state index < -0.39 is 11.8 Å². The van der Waals surface area contributed by atoms with Crippen molar-refractivity contribution in [3.8, 4) is 17.2 Å². The minimum atomic E-state index is -0.729. The van der Waals surface area contributed by atoms with E-state index in [2.05, 4.69) is 5.32 Å². The van der Waals surface area contributed by atoms with Gasteiger partial charge in [0, 0.05) is 29.5 Å². The molecule has 1 atom stereocenters. The van der Waals surface area contributed by atoms with E-state index in [0.717, 1.165) is 17.7 Å². The van der Waals surface area contributed by atoms with Crippen LogP contribution in [0.4, 0.5) is 11.4 Å². The van der Waals surface area contributed by atoms with Gasteiger partial charge in [0.25, 0.3) is 0 Å². The number of methoxy groups -OCH3 is 3. The largest absolute Gasteiger partial charge is 0.493 e. The third-order valence-corrected chi connectivity index (χ3v) is 4.54. The highest BCUT2D eigenvalue weighted by Crippen LogP contribution is 2.40. The van der Waals surface area contributed by atoms with Crippen molar-refractivity contribution in [2.45, 2.75) is 19.4 Å². The van der Waals surface area contributed by atoms with Crippen molar-refractivity contribution in [3.05, 3.63) is 42.0 Å².